The third-order valence-corrected chi connectivity index (χ3v) is 3.91. The molecule has 2 fully saturated rings. The molecule has 2 rings (SSSR count). The molecular formula is C12H22N2O2. The Balaban J connectivity index is 1.99. The lowest BCUT2D eigenvalue weighted by Gasteiger charge is -2.26. The maximum atomic E-state index is 12.3. The Bertz CT molecular complexity index is 270. The monoisotopic (exact) mass is 226 g/mol. The van der Waals surface area contributed by atoms with Crippen LogP contribution in [0.2, 0.25) is 0 Å². The van der Waals surface area contributed by atoms with E-state index in [1.54, 1.807) is 0 Å². The van der Waals surface area contributed by atoms with Crippen molar-refractivity contribution in [1.29, 1.82) is 0 Å². The zero-order valence-corrected chi connectivity index (χ0v) is 10.2. The normalized spacial score (nSPS) is 39.3. The van der Waals surface area contributed by atoms with E-state index >= 15 is 0 Å². The first-order chi connectivity index (χ1) is 7.63. The van der Waals surface area contributed by atoms with Gasteiger partial charge in [-0.2, -0.15) is 0 Å². The van der Waals surface area contributed by atoms with Gasteiger partial charge in [0.05, 0.1) is 0 Å². The van der Waals surface area contributed by atoms with Crippen molar-refractivity contribution in [2.75, 3.05) is 19.7 Å². The summed E-state index contributed by atoms with van der Waals surface area (Å²) in [5.74, 6) is 1.00. The Morgan fingerprint density at radius 1 is 1.50 bits per heavy atom. The van der Waals surface area contributed by atoms with E-state index in [0.29, 0.717) is 24.4 Å². The third kappa shape index (κ3) is 2.09. The number of amides is 1. The summed E-state index contributed by atoms with van der Waals surface area (Å²) >= 11 is 0. The highest BCUT2D eigenvalue weighted by molar-refractivity contribution is 5.82. The minimum absolute atomic E-state index is 0.174. The number of nitrogens with zero attached hydrogens (tertiary/aromatic N) is 1. The summed E-state index contributed by atoms with van der Waals surface area (Å²) in [4.78, 5) is 14.3. The topological polar surface area (TPSA) is 55.6 Å². The molecule has 0 aliphatic carbocycles. The molecule has 2 saturated heterocycles. The van der Waals surface area contributed by atoms with Gasteiger partial charge in [-0.25, -0.2) is 0 Å². The van der Waals surface area contributed by atoms with Crippen LogP contribution < -0.4 is 5.73 Å². The summed E-state index contributed by atoms with van der Waals surface area (Å²) < 4.78 is 5.53. The average Bonchev–Trinajstić information content (AvgIpc) is 2.83. The first kappa shape index (κ1) is 11.9. The summed E-state index contributed by atoms with van der Waals surface area (Å²) in [6.45, 7) is 6.41. The van der Waals surface area contributed by atoms with Crippen molar-refractivity contribution >= 4 is 5.91 Å². The van der Waals surface area contributed by atoms with Gasteiger partial charge in [-0.3, -0.25) is 4.79 Å². The van der Waals surface area contributed by atoms with Gasteiger partial charge in [0, 0.05) is 19.2 Å². The number of hydrogen-bond donors (Lipinski definition) is 1. The van der Waals surface area contributed by atoms with Crippen molar-refractivity contribution in [1.82, 2.24) is 4.90 Å². The van der Waals surface area contributed by atoms with E-state index in [2.05, 4.69) is 13.8 Å². The maximum absolute atomic E-state index is 12.3. The van der Waals surface area contributed by atoms with Gasteiger partial charge < -0.3 is 15.4 Å². The lowest BCUT2D eigenvalue weighted by molar-refractivity contribution is -0.143. The van der Waals surface area contributed by atoms with Gasteiger partial charge in [0.15, 0.2) is 0 Å². The second-order valence-corrected chi connectivity index (χ2v) is 5.23. The Kier molecular flexibility index (Phi) is 3.50. The van der Waals surface area contributed by atoms with Gasteiger partial charge in [-0.15, -0.1) is 0 Å². The summed E-state index contributed by atoms with van der Waals surface area (Å²) in [6.07, 6.45) is 1.82. The quantitative estimate of drug-likeness (QED) is 0.750. The van der Waals surface area contributed by atoms with Crippen molar-refractivity contribution in [3.63, 3.8) is 0 Å². The van der Waals surface area contributed by atoms with Crippen LogP contribution in [-0.2, 0) is 9.53 Å². The Morgan fingerprint density at radius 3 is 2.75 bits per heavy atom. The van der Waals surface area contributed by atoms with E-state index < -0.39 is 0 Å². The van der Waals surface area contributed by atoms with Crippen LogP contribution in [-0.4, -0.2) is 42.6 Å². The van der Waals surface area contributed by atoms with Gasteiger partial charge in [0.1, 0.15) is 6.10 Å². The molecule has 4 unspecified atom stereocenters. The molecule has 2 aliphatic rings. The van der Waals surface area contributed by atoms with E-state index in [9.17, 15) is 4.79 Å². The molecule has 0 saturated carbocycles. The van der Waals surface area contributed by atoms with Crippen LogP contribution in [0.3, 0.4) is 0 Å². The summed E-state index contributed by atoms with van der Waals surface area (Å²) in [7, 11) is 0. The summed E-state index contributed by atoms with van der Waals surface area (Å²) in [5, 5.41) is 0. The fraction of sp³-hybridized carbons (Fsp3) is 0.917. The SMILES string of the molecule is CC1CCOC1C(=O)N1CC(CN)CC1C. The standard InChI is InChI=1S/C12H22N2O2/c1-8-3-4-16-11(8)12(15)14-7-10(6-13)5-9(14)2/h8-11H,3-7,13H2,1-2H3. The van der Waals surface area contributed by atoms with Gasteiger partial charge in [0.2, 0.25) is 0 Å². The van der Waals surface area contributed by atoms with E-state index in [1.807, 2.05) is 4.90 Å². The molecule has 0 spiro atoms. The van der Waals surface area contributed by atoms with Crippen molar-refractivity contribution in [3.8, 4) is 0 Å². The molecule has 1 amide bonds. The zero-order chi connectivity index (χ0) is 11.7. The van der Waals surface area contributed by atoms with Gasteiger partial charge in [-0.1, -0.05) is 6.92 Å². The predicted octanol–water partition coefficient (Wildman–Crippen LogP) is 0.607. The van der Waals surface area contributed by atoms with Gasteiger partial charge >= 0.3 is 0 Å². The van der Waals surface area contributed by atoms with E-state index in [1.165, 1.54) is 0 Å². The first-order valence-corrected chi connectivity index (χ1v) is 6.25. The molecule has 4 nitrogen and oxygen atoms in total. The molecule has 0 aromatic rings. The largest absolute Gasteiger partial charge is 0.368 e. The average molecular weight is 226 g/mol. The van der Waals surface area contributed by atoms with Crippen molar-refractivity contribution in [2.24, 2.45) is 17.6 Å². The highest BCUT2D eigenvalue weighted by Gasteiger charge is 2.39. The van der Waals surface area contributed by atoms with Crippen LogP contribution >= 0.6 is 0 Å². The fourth-order valence-electron chi connectivity index (χ4n) is 2.79. The molecule has 0 bridgehead atoms. The summed E-state index contributed by atoms with van der Waals surface area (Å²) in [6, 6.07) is 0.317. The van der Waals surface area contributed by atoms with Crippen LogP contribution in [0.15, 0.2) is 0 Å². The zero-order valence-electron chi connectivity index (χ0n) is 10.2. The van der Waals surface area contributed by atoms with E-state index in [-0.39, 0.29) is 12.0 Å². The number of rotatable bonds is 2. The molecule has 0 radical (unpaired) electrons. The third-order valence-electron chi connectivity index (χ3n) is 3.91. The molecule has 2 N–H and O–H groups in total. The van der Waals surface area contributed by atoms with E-state index in [4.69, 9.17) is 10.5 Å². The first-order valence-electron chi connectivity index (χ1n) is 6.25. The number of carbonyl (C=O) groups is 1. The van der Waals surface area contributed by atoms with Crippen LogP contribution in [0.5, 0.6) is 0 Å². The van der Waals surface area contributed by atoms with Gasteiger partial charge in [0.25, 0.3) is 5.91 Å². The minimum atomic E-state index is -0.209. The van der Waals surface area contributed by atoms with Crippen LogP contribution in [0.1, 0.15) is 26.7 Å². The molecule has 16 heavy (non-hydrogen) atoms. The lowest BCUT2D eigenvalue weighted by Crippen LogP contribution is -2.43. The molecule has 0 aromatic carbocycles. The molecular weight excluding hydrogens is 204 g/mol. The Hall–Kier alpha value is -0.610. The Labute approximate surface area is 97.1 Å². The van der Waals surface area contributed by atoms with E-state index in [0.717, 1.165) is 26.0 Å². The van der Waals surface area contributed by atoms with Crippen molar-refractivity contribution in [2.45, 2.75) is 38.8 Å². The number of nitrogens with two attached hydrogens (primary N) is 1. The second kappa shape index (κ2) is 4.72. The molecule has 2 heterocycles. The number of hydrogen-bond acceptors (Lipinski definition) is 3. The molecule has 4 atom stereocenters. The Morgan fingerprint density at radius 2 is 2.25 bits per heavy atom. The minimum Gasteiger partial charge on any atom is -0.368 e. The van der Waals surface area contributed by atoms with Crippen molar-refractivity contribution < 1.29 is 9.53 Å². The lowest BCUT2D eigenvalue weighted by atomic mass is 10.0. The molecule has 4 heteroatoms. The molecule has 92 valence electrons. The van der Waals surface area contributed by atoms with Crippen LogP contribution in [0.4, 0.5) is 0 Å². The maximum Gasteiger partial charge on any atom is 0.252 e. The van der Waals surface area contributed by atoms with Crippen molar-refractivity contribution in [3.05, 3.63) is 0 Å². The summed E-state index contributed by atoms with van der Waals surface area (Å²) in [5.41, 5.74) is 5.67. The second-order valence-electron chi connectivity index (χ2n) is 5.23. The molecule has 2 aliphatic heterocycles. The van der Waals surface area contributed by atoms with Crippen LogP contribution in [0.25, 0.3) is 0 Å². The number of carbonyl (C=O) groups excluding carboxylic acids is 1. The number of ether oxygens (including phenoxy) is 1. The fourth-order valence-corrected chi connectivity index (χ4v) is 2.79. The molecule has 0 aromatic heterocycles. The van der Waals surface area contributed by atoms with Gasteiger partial charge in [-0.05, 0) is 38.1 Å². The predicted molar refractivity (Wildman–Crippen MR) is 61.9 cm³/mol. The smallest absolute Gasteiger partial charge is 0.252 e. The number of likely N-dealkylation sites (tertiary alicyclic amines) is 1. The highest BCUT2D eigenvalue weighted by Crippen LogP contribution is 2.28. The van der Waals surface area contributed by atoms with Crippen LogP contribution in [0, 0.1) is 11.8 Å². The highest BCUT2D eigenvalue weighted by atomic mass is 16.5.